The molecule has 1 N–H and O–H groups in total. The number of rotatable bonds is 3. The van der Waals surface area contributed by atoms with Gasteiger partial charge >= 0.3 is 0 Å². The van der Waals surface area contributed by atoms with E-state index in [9.17, 15) is 0 Å². The molecule has 1 heterocycles. The number of nitrogens with one attached hydrogen (secondary N) is 1. The molecule has 0 aliphatic carbocycles. The van der Waals surface area contributed by atoms with Gasteiger partial charge in [0, 0.05) is 19.0 Å². The predicted molar refractivity (Wildman–Crippen MR) is 95.0 cm³/mol. The smallest absolute Gasteiger partial charge is 0.0768 e. The van der Waals surface area contributed by atoms with Gasteiger partial charge in [0.15, 0.2) is 0 Å². The molecule has 0 aromatic heterocycles. The Kier molecular flexibility index (Phi) is 5.34. The molecule has 0 spiro atoms. The van der Waals surface area contributed by atoms with E-state index in [4.69, 9.17) is 4.74 Å². The first-order valence-corrected chi connectivity index (χ1v) is 8.70. The first-order valence-electron chi connectivity index (χ1n) is 8.70. The van der Waals surface area contributed by atoms with E-state index in [1.807, 2.05) is 0 Å². The molecule has 0 saturated carbocycles. The molecule has 2 nitrogen and oxygen atoms in total. The molecule has 2 rings (SSSR count). The highest BCUT2D eigenvalue weighted by Crippen LogP contribution is 2.37. The summed E-state index contributed by atoms with van der Waals surface area (Å²) in [6.45, 7) is 18.8. The molecule has 1 aromatic carbocycles. The second-order valence-electron chi connectivity index (χ2n) is 7.79. The van der Waals surface area contributed by atoms with Crippen LogP contribution in [0.4, 0.5) is 0 Å². The van der Waals surface area contributed by atoms with E-state index in [0.717, 1.165) is 26.1 Å². The molecule has 1 saturated heterocycles. The van der Waals surface area contributed by atoms with Crippen molar-refractivity contribution >= 4 is 0 Å². The van der Waals surface area contributed by atoms with Gasteiger partial charge < -0.3 is 10.1 Å². The maximum Gasteiger partial charge on any atom is 0.0768 e. The van der Waals surface area contributed by atoms with Crippen molar-refractivity contribution in [3.05, 3.63) is 33.9 Å². The van der Waals surface area contributed by atoms with Crippen molar-refractivity contribution < 1.29 is 4.74 Å². The van der Waals surface area contributed by atoms with Crippen molar-refractivity contribution in [1.82, 2.24) is 5.32 Å². The standard InChI is InChI=1S/C20H33NO/c1-8-16(18-12-21-9-10-22-18)17-11-13(2)19(20(5,6)7)15(4)14(17)3/h11,16,18,21H,8-10,12H2,1-7H3. The normalized spacial score (nSPS) is 21.0. The zero-order valence-corrected chi connectivity index (χ0v) is 15.5. The van der Waals surface area contributed by atoms with Gasteiger partial charge in [-0.1, -0.05) is 33.8 Å². The van der Waals surface area contributed by atoms with Crippen LogP contribution in [0.3, 0.4) is 0 Å². The molecular weight excluding hydrogens is 270 g/mol. The highest BCUT2D eigenvalue weighted by Gasteiger charge is 2.28. The van der Waals surface area contributed by atoms with E-state index >= 15 is 0 Å². The summed E-state index contributed by atoms with van der Waals surface area (Å²) in [5.41, 5.74) is 7.53. The van der Waals surface area contributed by atoms with Gasteiger partial charge in [0.05, 0.1) is 12.7 Å². The van der Waals surface area contributed by atoms with Crippen LogP contribution in [0.1, 0.15) is 67.9 Å². The molecular formula is C20H33NO. The van der Waals surface area contributed by atoms with Crippen molar-refractivity contribution in [2.45, 2.75) is 72.3 Å². The van der Waals surface area contributed by atoms with Crippen LogP contribution >= 0.6 is 0 Å². The van der Waals surface area contributed by atoms with Gasteiger partial charge in [-0.05, 0) is 60.4 Å². The third-order valence-corrected chi connectivity index (χ3v) is 5.13. The number of aryl methyl sites for hydroxylation is 1. The third kappa shape index (κ3) is 3.38. The Hall–Kier alpha value is -0.860. The van der Waals surface area contributed by atoms with E-state index in [-0.39, 0.29) is 5.41 Å². The van der Waals surface area contributed by atoms with Gasteiger partial charge in [0.1, 0.15) is 0 Å². The molecule has 0 radical (unpaired) electrons. The molecule has 0 amide bonds. The van der Waals surface area contributed by atoms with Gasteiger partial charge in [0.2, 0.25) is 0 Å². The molecule has 124 valence electrons. The van der Waals surface area contributed by atoms with Crippen molar-refractivity contribution in [2.75, 3.05) is 19.7 Å². The summed E-state index contributed by atoms with van der Waals surface area (Å²) in [7, 11) is 0. The summed E-state index contributed by atoms with van der Waals surface area (Å²) in [5, 5.41) is 3.48. The number of benzene rings is 1. The average molecular weight is 303 g/mol. The number of ether oxygens (including phenoxy) is 1. The van der Waals surface area contributed by atoms with Crippen LogP contribution in [0.25, 0.3) is 0 Å². The van der Waals surface area contributed by atoms with Crippen LogP contribution < -0.4 is 5.32 Å². The fraction of sp³-hybridized carbons (Fsp3) is 0.700. The summed E-state index contributed by atoms with van der Waals surface area (Å²) in [4.78, 5) is 0. The Labute approximate surface area is 136 Å². The van der Waals surface area contributed by atoms with Crippen LogP contribution in [0.5, 0.6) is 0 Å². The first kappa shape index (κ1) is 17.5. The predicted octanol–water partition coefficient (Wildman–Crippen LogP) is 4.39. The number of hydrogen-bond donors (Lipinski definition) is 1. The lowest BCUT2D eigenvalue weighted by molar-refractivity contribution is 0.0101. The van der Waals surface area contributed by atoms with Crippen molar-refractivity contribution in [3.8, 4) is 0 Å². The fourth-order valence-corrected chi connectivity index (χ4v) is 4.18. The summed E-state index contributed by atoms with van der Waals surface area (Å²) in [6.07, 6.45) is 1.43. The van der Waals surface area contributed by atoms with Crippen LogP contribution in [0, 0.1) is 20.8 Å². The van der Waals surface area contributed by atoms with E-state index in [1.54, 1.807) is 0 Å². The lowest BCUT2D eigenvalue weighted by Gasteiger charge is -2.34. The summed E-state index contributed by atoms with van der Waals surface area (Å²) in [5.74, 6) is 0.485. The van der Waals surface area contributed by atoms with Crippen molar-refractivity contribution in [3.63, 3.8) is 0 Å². The van der Waals surface area contributed by atoms with Gasteiger partial charge in [-0.25, -0.2) is 0 Å². The van der Waals surface area contributed by atoms with E-state index < -0.39 is 0 Å². The monoisotopic (exact) mass is 303 g/mol. The van der Waals surface area contributed by atoms with Gasteiger partial charge in [0.25, 0.3) is 0 Å². The van der Waals surface area contributed by atoms with Crippen molar-refractivity contribution in [1.29, 1.82) is 0 Å². The largest absolute Gasteiger partial charge is 0.375 e. The van der Waals surface area contributed by atoms with E-state index in [2.05, 4.69) is 59.8 Å². The highest BCUT2D eigenvalue weighted by atomic mass is 16.5. The Bertz CT molecular complexity index is 521. The Balaban J connectivity index is 2.46. The number of hydrogen-bond acceptors (Lipinski definition) is 2. The van der Waals surface area contributed by atoms with Gasteiger partial charge in [-0.3, -0.25) is 0 Å². The molecule has 0 bridgehead atoms. The van der Waals surface area contributed by atoms with Crippen LogP contribution in [0.2, 0.25) is 0 Å². The van der Waals surface area contributed by atoms with Crippen LogP contribution in [-0.2, 0) is 10.2 Å². The topological polar surface area (TPSA) is 21.3 Å². The third-order valence-electron chi connectivity index (χ3n) is 5.13. The van der Waals surface area contributed by atoms with Gasteiger partial charge in [-0.15, -0.1) is 0 Å². The average Bonchev–Trinajstić information content (AvgIpc) is 2.44. The molecule has 1 aromatic rings. The van der Waals surface area contributed by atoms with E-state index in [1.165, 1.54) is 27.8 Å². The zero-order valence-electron chi connectivity index (χ0n) is 15.5. The minimum Gasteiger partial charge on any atom is -0.375 e. The van der Waals surface area contributed by atoms with Gasteiger partial charge in [-0.2, -0.15) is 0 Å². The molecule has 1 aliphatic heterocycles. The second-order valence-corrected chi connectivity index (χ2v) is 7.79. The maximum atomic E-state index is 6.06. The molecule has 1 aliphatic rings. The Morgan fingerprint density at radius 3 is 2.41 bits per heavy atom. The molecule has 1 fully saturated rings. The quantitative estimate of drug-likeness (QED) is 0.894. The number of morpholine rings is 1. The molecule has 2 atom stereocenters. The molecule has 2 heteroatoms. The first-order chi connectivity index (χ1) is 10.3. The molecule has 2 unspecified atom stereocenters. The second kappa shape index (κ2) is 6.72. The zero-order chi connectivity index (χ0) is 16.5. The van der Waals surface area contributed by atoms with E-state index in [0.29, 0.717) is 12.0 Å². The fourth-order valence-electron chi connectivity index (χ4n) is 4.18. The minimum atomic E-state index is 0.196. The highest BCUT2D eigenvalue weighted by molar-refractivity contribution is 5.49. The molecule has 22 heavy (non-hydrogen) atoms. The SMILES string of the molecule is CCC(c1cc(C)c(C(C)(C)C)c(C)c1C)C1CNCCO1. The summed E-state index contributed by atoms with van der Waals surface area (Å²) >= 11 is 0. The van der Waals surface area contributed by atoms with Crippen LogP contribution in [0.15, 0.2) is 6.07 Å². The van der Waals surface area contributed by atoms with Crippen LogP contribution in [-0.4, -0.2) is 25.8 Å². The Morgan fingerprint density at radius 1 is 1.23 bits per heavy atom. The summed E-state index contributed by atoms with van der Waals surface area (Å²) < 4.78 is 6.06. The lowest BCUT2D eigenvalue weighted by Crippen LogP contribution is -2.42. The minimum absolute atomic E-state index is 0.196. The Morgan fingerprint density at radius 2 is 1.91 bits per heavy atom. The maximum absolute atomic E-state index is 6.06. The van der Waals surface area contributed by atoms with Crippen molar-refractivity contribution in [2.24, 2.45) is 0 Å². The lowest BCUT2D eigenvalue weighted by atomic mass is 9.76. The summed E-state index contributed by atoms with van der Waals surface area (Å²) in [6, 6.07) is 2.43.